The Morgan fingerprint density at radius 1 is 1.52 bits per heavy atom. The second-order valence-corrected chi connectivity index (χ2v) is 7.00. The summed E-state index contributed by atoms with van der Waals surface area (Å²) in [5, 5.41) is 6.91. The summed E-state index contributed by atoms with van der Waals surface area (Å²) in [6.07, 6.45) is 2.10. The fraction of sp³-hybridized carbons (Fsp3) is 0.562. The van der Waals surface area contributed by atoms with E-state index in [9.17, 15) is 4.79 Å². The maximum absolute atomic E-state index is 12.1. The van der Waals surface area contributed by atoms with Crippen LogP contribution in [0, 0.1) is 12.8 Å². The second kappa shape index (κ2) is 8.66. The van der Waals surface area contributed by atoms with E-state index in [1.165, 1.54) is 4.90 Å². The summed E-state index contributed by atoms with van der Waals surface area (Å²) in [5.41, 5.74) is 2.08. The van der Waals surface area contributed by atoms with Gasteiger partial charge in [-0.3, -0.25) is 4.79 Å². The SMILES string of the molecule is CCC(C)Sc1ccc(NC(=O)C2CCNC2)c(C)c1.Cl. The second-order valence-electron chi connectivity index (χ2n) is 5.49. The Kier molecular flexibility index (Phi) is 7.57. The molecule has 0 radical (unpaired) electrons. The topological polar surface area (TPSA) is 41.1 Å². The molecule has 1 heterocycles. The number of carbonyl (C=O) groups excluding carboxylic acids is 1. The number of halogens is 1. The Morgan fingerprint density at radius 3 is 2.86 bits per heavy atom. The third-order valence-electron chi connectivity index (χ3n) is 3.80. The first kappa shape index (κ1) is 18.3. The molecule has 5 heteroatoms. The lowest BCUT2D eigenvalue weighted by Crippen LogP contribution is -2.24. The maximum Gasteiger partial charge on any atom is 0.228 e. The highest BCUT2D eigenvalue weighted by atomic mass is 35.5. The fourth-order valence-electron chi connectivity index (χ4n) is 2.28. The molecule has 1 aromatic rings. The van der Waals surface area contributed by atoms with Crippen molar-refractivity contribution in [2.24, 2.45) is 5.92 Å². The van der Waals surface area contributed by atoms with E-state index < -0.39 is 0 Å². The molecular formula is C16H25ClN2OS. The van der Waals surface area contributed by atoms with Crippen LogP contribution in [-0.2, 0) is 4.79 Å². The molecule has 2 atom stereocenters. The lowest BCUT2D eigenvalue weighted by Gasteiger charge is -2.14. The molecular weight excluding hydrogens is 304 g/mol. The Bertz CT molecular complexity index is 475. The fourth-order valence-corrected chi connectivity index (χ4v) is 3.30. The number of amides is 1. The van der Waals surface area contributed by atoms with E-state index in [-0.39, 0.29) is 24.2 Å². The van der Waals surface area contributed by atoms with Gasteiger partial charge in [-0.2, -0.15) is 0 Å². The Labute approximate surface area is 138 Å². The number of benzene rings is 1. The number of hydrogen-bond donors (Lipinski definition) is 2. The van der Waals surface area contributed by atoms with Crippen molar-refractivity contribution in [2.45, 2.75) is 43.8 Å². The molecule has 21 heavy (non-hydrogen) atoms. The summed E-state index contributed by atoms with van der Waals surface area (Å²) in [4.78, 5) is 13.4. The largest absolute Gasteiger partial charge is 0.326 e. The lowest BCUT2D eigenvalue weighted by molar-refractivity contribution is -0.119. The predicted molar refractivity (Wildman–Crippen MR) is 93.6 cm³/mol. The van der Waals surface area contributed by atoms with Crippen LogP contribution in [0.1, 0.15) is 32.3 Å². The molecule has 2 unspecified atom stereocenters. The Morgan fingerprint density at radius 2 is 2.29 bits per heavy atom. The first-order valence-electron chi connectivity index (χ1n) is 7.39. The standard InChI is InChI=1S/C16H24N2OS.ClH/c1-4-12(3)20-14-5-6-15(11(2)9-14)18-16(19)13-7-8-17-10-13;/h5-6,9,12-13,17H,4,7-8,10H2,1-3H3,(H,18,19);1H. The van der Waals surface area contributed by atoms with Gasteiger partial charge in [-0.15, -0.1) is 24.2 Å². The molecule has 2 N–H and O–H groups in total. The lowest BCUT2D eigenvalue weighted by atomic mass is 10.1. The first-order chi connectivity index (χ1) is 9.60. The molecule has 1 aliphatic rings. The summed E-state index contributed by atoms with van der Waals surface area (Å²) in [6, 6.07) is 6.30. The number of hydrogen-bond acceptors (Lipinski definition) is 3. The number of rotatable bonds is 5. The monoisotopic (exact) mass is 328 g/mol. The van der Waals surface area contributed by atoms with Crippen LogP contribution >= 0.6 is 24.2 Å². The van der Waals surface area contributed by atoms with Crippen molar-refractivity contribution in [3.05, 3.63) is 23.8 Å². The van der Waals surface area contributed by atoms with Crippen LogP contribution in [0.3, 0.4) is 0 Å². The van der Waals surface area contributed by atoms with Crippen LogP contribution in [0.5, 0.6) is 0 Å². The van der Waals surface area contributed by atoms with Crippen LogP contribution in [0.2, 0.25) is 0 Å². The van der Waals surface area contributed by atoms with Crippen molar-refractivity contribution in [1.29, 1.82) is 0 Å². The minimum atomic E-state index is 0. The molecule has 0 aromatic heterocycles. The van der Waals surface area contributed by atoms with Crippen molar-refractivity contribution in [3.8, 4) is 0 Å². The van der Waals surface area contributed by atoms with Crippen LogP contribution in [-0.4, -0.2) is 24.2 Å². The van der Waals surface area contributed by atoms with E-state index in [1.54, 1.807) is 0 Å². The quantitative estimate of drug-likeness (QED) is 0.806. The summed E-state index contributed by atoms with van der Waals surface area (Å²) in [6.45, 7) is 8.25. The van der Waals surface area contributed by atoms with Crippen molar-refractivity contribution in [2.75, 3.05) is 18.4 Å². The molecule has 1 aromatic carbocycles. The number of thioether (sulfide) groups is 1. The zero-order chi connectivity index (χ0) is 14.5. The van der Waals surface area contributed by atoms with Gasteiger partial charge in [0.2, 0.25) is 5.91 Å². The van der Waals surface area contributed by atoms with E-state index in [4.69, 9.17) is 0 Å². The molecule has 1 amide bonds. The van der Waals surface area contributed by atoms with E-state index in [0.717, 1.165) is 37.2 Å². The van der Waals surface area contributed by atoms with Crippen LogP contribution < -0.4 is 10.6 Å². The molecule has 0 saturated carbocycles. The number of aryl methyl sites for hydroxylation is 1. The molecule has 1 saturated heterocycles. The van der Waals surface area contributed by atoms with Gasteiger partial charge in [0.1, 0.15) is 0 Å². The molecule has 1 aliphatic heterocycles. The summed E-state index contributed by atoms with van der Waals surface area (Å²) < 4.78 is 0. The van der Waals surface area contributed by atoms with E-state index in [0.29, 0.717) is 5.25 Å². The molecule has 0 spiro atoms. The van der Waals surface area contributed by atoms with E-state index >= 15 is 0 Å². The number of anilines is 1. The maximum atomic E-state index is 12.1. The Hall–Kier alpha value is -0.710. The van der Waals surface area contributed by atoms with Crippen molar-refractivity contribution in [3.63, 3.8) is 0 Å². The average Bonchev–Trinajstić information content (AvgIpc) is 2.95. The molecule has 2 rings (SSSR count). The van der Waals surface area contributed by atoms with Crippen LogP contribution in [0.15, 0.2) is 23.1 Å². The molecule has 0 aliphatic carbocycles. The minimum Gasteiger partial charge on any atom is -0.326 e. The summed E-state index contributed by atoms with van der Waals surface area (Å²) in [5.74, 6) is 0.254. The number of nitrogens with one attached hydrogen (secondary N) is 2. The third kappa shape index (κ3) is 5.20. The molecule has 1 fully saturated rings. The van der Waals surface area contributed by atoms with Gasteiger partial charge >= 0.3 is 0 Å². The predicted octanol–water partition coefficient (Wildman–Crippen LogP) is 3.86. The molecule has 3 nitrogen and oxygen atoms in total. The molecule has 118 valence electrons. The highest BCUT2D eigenvalue weighted by Gasteiger charge is 2.22. The highest BCUT2D eigenvalue weighted by molar-refractivity contribution is 7.99. The first-order valence-corrected chi connectivity index (χ1v) is 8.27. The van der Waals surface area contributed by atoms with Gasteiger partial charge in [0, 0.05) is 22.4 Å². The van der Waals surface area contributed by atoms with E-state index in [1.807, 2.05) is 17.8 Å². The number of carbonyl (C=O) groups is 1. The van der Waals surface area contributed by atoms with Gasteiger partial charge in [0.05, 0.1) is 5.92 Å². The third-order valence-corrected chi connectivity index (χ3v) is 5.06. The van der Waals surface area contributed by atoms with Crippen LogP contribution in [0.25, 0.3) is 0 Å². The van der Waals surface area contributed by atoms with Gasteiger partial charge in [0.25, 0.3) is 0 Å². The summed E-state index contributed by atoms with van der Waals surface area (Å²) in [7, 11) is 0. The highest BCUT2D eigenvalue weighted by Crippen LogP contribution is 2.28. The van der Waals surface area contributed by atoms with Crippen LogP contribution in [0.4, 0.5) is 5.69 Å². The minimum absolute atomic E-state index is 0. The van der Waals surface area contributed by atoms with Gasteiger partial charge in [0.15, 0.2) is 0 Å². The zero-order valence-electron chi connectivity index (χ0n) is 12.9. The molecule has 0 bridgehead atoms. The van der Waals surface area contributed by atoms with Crippen molar-refractivity contribution in [1.82, 2.24) is 5.32 Å². The zero-order valence-corrected chi connectivity index (χ0v) is 14.6. The average molecular weight is 329 g/mol. The van der Waals surface area contributed by atoms with Crippen molar-refractivity contribution < 1.29 is 4.79 Å². The van der Waals surface area contributed by atoms with Gasteiger partial charge in [-0.25, -0.2) is 0 Å². The van der Waals surface area contributed by atoms with Gasteiger partial charge in [-0.1, -0.05) is 13.8 Å². The van der Waals surface area contributed by atoms with Gasteiger partial charge in [-0.05, 0) is 50.1 Å². The smallest absolute Gasteiger partial charge is 0.228 e. The Balaban J connectivity index is 0.00000220. The normalized spacial score (nSPS) is 18.9. The van der Waals surface area contributed by atoms with Gasteiger partial charge < -0.3 is 10.6 Å². The van der Waals surface area contributed by atoms with Crippen molar-refractivity contribution >= 4 is 35.8 Å². The summed E-state index contributed by atoms with van der Waals surface area (Å²) >= 11 is 1.89. The van der Waals surface area contributed by atoms with E-state index in [2.05, 4.69) is 43.5 Å².